The Kier molecular flexibility index (Phi) is 1.78. The van der Waals surface area contributed by atoms with Gasteiger partial charge in [-0.05, 0) is 17.8 Å². The molecule has 1 atom stereocenters. The van der Waals surface area contributed by atoms with Crippen LogP contribution in [0.5, 0.6) is 0 Å². The predicted molar refractivity (Wildman–Crippen MR) is 43.3 cm³/mol. The molecule has 0 heterocycles. The Bertz CT molecular complexity index is 214. The van der Waals surface area contributed by atoms with Gasteiger partial charge in [0.1, 0.15) is 0 Å². The number of rotatable bonds is 1. The van der Waals surface area contributed by atoms with Crippen LogP contribution in [0.25, 0.3) is 0 Å². The normalized spacial score (nSPS) is 28.3. The first-order valence-electron chi connectivity index (χ1n) is 3.88. The molecule has 2 nitrogen and oxygen atoms in total. The number of hydrogen-bond acceptors (Lipinski definition) is 1. The highest BCUT2D eigenvalue weighted by atomic mass is 16.4. The molecule has 0 saturated heterocycles. The Morgan fingerprint density at radius 2 is 2.27 bits per heavy atom. The molecule has 11 heavy (non-hydrogen) atoms. The van der Waals surface area contributed by atoms with Gasteiger partial charge in [0.25, 0.3) is 0 Å². The third-order valence-corrected chi connectivity index (χ3v) is 2.16. The van der Waals surface area contributed by atoms with Crippen molar-refractivity contribution in [2.75, 3.05) is 0 Å². The molecular weight excluding hydrogens is 140 g/mol. The van der Waals surface area contributed by atoms with E-state index in [9.17, 15) is 4.79 Å². The molecule has 0 aromatic carbocycles. The molecule has 0 aromatic rings. The minimum atomic E-state index is -0.761. The number of aliphatic carboxylic acids is 1. The summed E-state index contributed by atoms with van der Waals surface area (Å²) < 4.78 is 0. The second-order valence-electron chi connectivity index (χ2n) is 4.00. The Balaban J connectivity index is 2.88. The third-order valence-electron chi connectivity index (χ3n) is 2.16. The molecule has 0 amide bonds. The van der Waals surface area contributed by atoms with Crippen molar-refractivity contribution in [3.8, 4) is 0 Å². The average molecular weight is 154 g/mol. The van der Waals surface area contributed by atoms with E-state index in [1.54, 1.807) is 0 Å². The lowest BCUT2D eigenvalue weighted by molar-refractivity contribution is -0.133. The summed E-state index contributed by atoms with van der Waals surface area (Å²) in [4.78, 5) is 10.6. The summed E-state index contributed by atoms with van der Waals surface area (Å²) in [7, 11) is 0. The van der Waals surface area contributed by atoms with Crippen molar-refractivity contribution in [1.29, 1.82) is 0 Å². The summed E-state index contributed by atoms with van der Waals surface area (Å²) in [6, 6.07) is 0. The van der Waals surface area contributed by atoms with Gasteiger partial charge < -0.3 is 5.11 Å². The topological polar surface area (TPSA) is 37.3 Å². The Morgan fingerprint density at radius 1 is 1.73 bits per heavy atom. The molecule has 0 bridgehead atoms. The van der Waals surface area contributed by atoms with Crippen molar-refractivity contribution < 1.29 is 9.90 Å². The fourth-order valence-electron chi connectivity index (χ4n) is 1.79. The first-order chi connectivity index (χ1) is 4.92. The summed E-state index contributed by atoms with van der Waals surface area (Å²) in [6.45, 7) is 6.10. The lowest BCUT2D eigenvalue weighted by Gasteiger charge is -2.14. The van der Waals surface area contributed by atoms with Gasteiger partial charge in [-0.2, -0.15) is 0 Å². The maximum Gasteiger partial charge on any atom is 0.331 e. The third kappa shape index (κ3) is 1.62. The molecule has 0 aromatic heterocycles. The van der Waals surface area contributed by atoms with Crippen molar-refractivity contribution in [1.82, 2.24) is 0 Å². The molecule has 1 rings (SSSR count). The van der Waals surface area contributed by atoms with Gasteiger partial charge in [-0.25, -0.2) is 4.79 Å². The van der Waals surface area contributed by atoms with Crippen LogP contribution in [0.15, 0.2) is 11.6 Å². The highest BCUT2D eigenvalue weighted by Gasteiger charge is 2.31. The van der Waals surface area contributed by atoms with Crippen LogP contribution in [0.3, 0.4) is 0 Å². The largest absolute Gasteiger partial charge is 0.478 e. The monoisotopic (exact) mass is 154 g/mol. The smallest absolute Gasteiger partial charge is 0.331 e. The van der Waals surface area contributed by atoms with Crippen LogP contribution in [0.2, 0.25) is 0 Å². The number of carboxylic acids is 1. The molecule has 0 fully saturated rings. The van der Waals surface area contributed by atoms with E-state index < -0.39 is 5.97 Å². The van der Waals surface area contributed by atoms with Crippen LogP contribution in [0.1, 0.15) is 27.2 Å². The second kappa shape index (κ2) is 2.36. The molecule has 1 unspecified atom stereocenters. The van der Waals surface area contributed by atoms with Gasteiger partial charge in [-0.3, -0.25) is 0 Å². The fourth-order valence-corrected chi connectivity index (χ4v) is 1.79. The Hall–Kier alpha value is -0.790. The summed E-state index contributed by atoms with van der Waals surface area (Å²) in [5.41, 5.74) is 0.655. The van der Waals surface area contributed by atoms with Gasteiger partial charge in [-0.1, -0.05) is 26.8 Å². The van der Waals surface area contributed by atoms with E-state index in [1.165, 1.54) is 0 Å². The van der Waals surface area contributed by atoms with Crippen LogP contribution in [-0.4, -0.2) is 11.1 Å². The highest BCUT2D eigenvalue weighted by molar-refractivity contribution is 5.87. The summed E-state index contributed by atoms with van der Waals surface area (Å²) in [6.07, 6.45) is 2.83. The van der Waals surface area contributed by atoms with E-state index in [0.717, 1.165) is 6.42 Å². The van der Waals surface area contributed by atoms with Crippen molar-refractivity contribution >= 4 is 5.97 Å². The number of hydrogen-bond donors (Lipinski definition) is 1. The van der Waals surface area contributed by atoms with Gasteiger partial charge >= 0.3 is 5.97 Å². The number of allylic oxidation sites excluding steroid dienone is 1. The zero-order valence-electron chi connectivity index (χ0n) is 7.22. The lowest BCUT2D eigenvalue weighted by Crippen LogP contribution is -2.06. The zero-order valence-corrected chi connectivity index (χ0v) is 7.22. The molecule has 0 radical (unpaired) electrons. The van der Waals surface area contributed by atoms with E-state index in [4.69, 9.17) is 5.11 Å². The lowest BCUT2D eigenvalue weighted by atomic mass is 9.91. The molecule has 2 heteroatoms. The van der Waals surface area contributed by atoms with Crippen molar-refractivity contribution in [3.63, 3.8) is 0 Å². The van der Waals surface area contributed by atoms with Crippen molar-refractivity contribution in [2.24, 2.45) is 11.3 Å². The maximum atomic E-state index is 10.6. The average Bonchev–Trinajstić information content (AvgIpc) is 2.05. The standard InChI is InChI=1S/C9H14O2/c1-6-4-9(2,3)5-7(6)8(10)11/h5-6H,4H2,1-3H3,(H,10,11). The van der Waals surface area contributed by atoms with E-state index >= 15 is 0 Å². The zero-order chi connectivity index (χ0) is 8.65. The van der Waals surface area contributed by atoms with Gasteiger partial charge in [0.15, 0.2) is 0 Å². The van der Waals surface area contributed by atoms with Crippen LogP contribution in [0.4, 0.5) is 0 Å². The van der Waals surface area contributed by atoms with Crippen LogP contribution >= 0.6 is 0 Å². The SMILES string of the molecule is CC1CC(C)(C)C=C1C(=O)O. The molecule has 0 saturated carbocycles. The molecule has 0 aliphatic heterocycles. The first kappa shape index (κ1) is 8.31. The minimum Gasteiger partial charge on any atom is -0.478 e. The van der Waals surface area contributed by atoms with Gasteiger partial charge in [0.2, 0.25) is 0 Å². The van der Waals surface area contributed by atoms with Crippen molar-refractivity contribution in [3.05, 3.63) is 11.6 Å². The molecule has 62 valence electrons. The quantitative estimate of drug-likeness (QED) is 0.627. The molecule has 1 aliphatic carbocycles. The second-order valence-corrected chi connectivity index (χ2v) is 4.00. The molecule has 0 spiro atoms. The van der Waals surface area contributed by atoms with E-state index in [2.05, 4.69) is 13.8 Å². The Labute approximate surface area is 66.9 Å². The summed E-state index contributed by atoms with van der Waals surface area (Å²) in [5, 5.41) is 8.75. The maximum absolute atomic E-state index is 10.6. The van der Waals surface area contributed by atoms with Gasteiger partial charge in [0.05, 0.1) is 0 Å². The Morgan fingerprint density at radius 3 is 2.45 bits per heavy atom. The van der Waals surface area contributed by atoms with Crippen molar-refractivity contribution in [2.45, 2.75) is 27.2 Å². The first-order valence-corrected chi connectivity index (χ1v) is 3.88. The minimum absolute atomic E-state index is 0.0765. The molecular formula is C9H14O2. The molecule has 1 N–H and O–H groups in total. The predicted octanol–water partition coefficient (Wildman–Crippen LogP) is 2.06. The van der Waals surface area contributed by atoms with E-state index in [-0.39, 0.29) is 11.3 Å². The number of carbonyl (C=O) groups is 1. The number of carboxylic acid groups (broad SMARTS) is 1. The summed E-state index contributed by atoms with van der Waals surface area (Å²) in [5.74, 6) is -0.550. The van der Waals surface area contributed by atoms with Gasteiger partial charge in [0, 0.05) is 5.57 Å². The van der Waals surface area contributed by atoms with Crippen LogP contribution in [0, 0.1) is 11.3 Å². The highest BCUT2D eigenvalue weighted by Crippen LogP contribution is 2.38. The molecule has 1 aliphatic rings. The van der Waals surface area contributed by atoms with E-state index in [0.29, 0.717) is 5.57 Å². The van der Waals surface area contributed by atoms with Crippen LogP contribution < -0.4 is 0 Å². The summed E-state index contributed by atoms with van der Waals surface area (Å²) >= 11 is 0. The van der Waals surface area contributed by atoms with Crippen LogP contribution in [-0.2, 0) is 4.79 Å². The van der Waals surface area contributed by atoms with E-state index in [1.807, 2.05) is 13.0 Å². The van der Waals surface area contributed by atoms with Gasteiger partial charge in [-0.15, -0.1) is 0 Å². The fraction of sp³-hybridized carbons (Fsp3) is 0.667.